The molecule has 2 aromatic carbocycles. The zero-order chi connectivity index (χ0) is 12.8. The van der Waals surface area contributed by atoms with E-state index in [-0.39, 0.29) is 0 Å². The summed E-state index contributed by atoms with van der Waals surface area (Å²) in [7, 11) is 1.64. The average Bonchev–Trinajstić information content (AvgIpc) is 2.40. The summed E-state index contributed by atoms with van der Waals surface area (Å²) in [6, 6.07) is 17.6. The first kappa shape index (κ1) is 12.6. The molecule has 0 unspecified atom stereocenters. The summed E-state index contributed by atoms with van der Waals surface area (Å²) < 4.78 is 5.09. The third kappa shape index (κ3) is 3.58. The smallest absolute Gasteiger partial charge is 0.118 e. The van der Waals surface area contributed by atoms with Crippen LogP contribution in [0.4, 0.5) is 0 Å². The molecule has 94 valence electrons. The molecule has 0 aliphatic heterocycles. The predicted molar refractivity (Wildman–Crippen MR) is 70.5 cm³/mol. The number of benzene rings is 2. The van der Waals surface area contributed by atoms with Gasteiger partial charge in [-0.05, 0) is 23.3 Å². The Balaban J connectivity index is 1.92. The fourth-order valence-electron chi connectivity index (χ4n) is 1.79. The summed E-state index contributed by atoms with van der Waals surface area (Å²) in [6.07, 6.45) is 0. The summed E-state index contributed by atoms with van der Waals surface area (Å²) in [5.41, 5.74) is 2.14. The number of ether oxygens (including phenoxy) is 1. The second kappa shape index (κ2) is 6.19. The van der Waals surface area contributed by atoms with Crippen molar-refractivity contribution < 1.29 is 9.94 Å². The molecule has 0 fully saturated rings. The van der Waals surface area contributed by atoms with Crippen LogP contribution in [0.3, 0.4) is 0 Å². The normalized spacial score (nSPS) is 10.6. The van der Waals surface area contributed by atoms with Crippen LogP contribution in [-0.2, 0) is 13.1 Å². The summed E-state index contributed by atoms with van der Waals surface area (Å²) in [5.74, 6) is 0.825. The van der Waals surface area contributed by atoms with Crippen molar-refractivity contribution in [1.29, 1.82) is 0 Å². The van der Waals surface area contributed by atoms with Gasteiger partial charge in [0, 0.05) is 13.1 Å². The van der Waals surface area contributed by atoms with Crippen molar-refractivity contribution in [2.75, 3.05) is 7.11 Å². The second-order valence-electron chi connectivity index (χ2n) is 4.16. The van der Waals surface area contributed by atoms with Gasteiger partial charge >= 0.3 is 0 Å². The first-order valence-corrected chi connectivity index (χ1v) is 5.88. The van der Waals surface area contributed by atoms with E-state index in [2.05, 4.69) is 0 Å². The van der Waals surface area contributed by atoms with E-state index in [0.29, 0.717) is 13.1 Å². The van der Waals surface area contributed by atoms with E-state index >= 15 is 0 Å². The van der Waals surface area contributed by atoms with E-state index in [1.807, 2.05) is 54.6 Å². The molecule has 0 aromatic heterocycles. The molecule has 0 aliphatic rings. The predicted octanol–water partition coefficient (Wildman–Crippen LogP) is 3.09. The minimum atomic E-state index is 0.499. The molecule has 0 radical (unpaired) electrons. The van der Waals surface area contributed by atoms with E-state index in [4.69, 9.17) is 4.74 Å². The number of hydrogen-bond acceptors (Lipinski definition) is 3. The van der Waals surface area contributed by atoms with Gasteiger partial charge in [0.25, 0.3) is 0 Å². The Morgan fingerprint density at radius 1 is 0.889 bits per heavy atom. The molecular weight excluding hydrogens is 226 g/mol. The second-order valence-corrected chi connectivity index (χ2v) is 4.16. The van der Waals surface area contributed by atoms with Gasteiger partial charge in [0.15, 0.2) is 0 Å². The van der Waals surface area contributed by atoms with E-state index in [1.54, 1.807) is 7.11 Å². The fraction of sp³-hybridized carbons (Fsp3) is 0.200. The summed E-state index contributed by atoms with van der Waals surface area (Å²) in [5, 5.41) is 11.2. The van der Waals surface area contributed by atoms with E-state index in [1.165, 1.54) is 5.06 Å². The molecule has 18 heavy (non-hydrogen) atoms. The Morgan fingerprint density at radius 3 is 2.00 bits per heavy atom. The van der Waals surface area contributed by atoms with Crippen molar-refractivity contribution in [2.24, 2.45) is 0 Å². The Bertz CT molecular complexity index is 468. The molecule has 0 heterocycles. The quantitative estimate of drug-likeness (QED) is 0.819. The standard InChI is InChI=1S/C15H17NO2/c1-18-15-9-7-14(8-10-15)12-16(17)11-13-5-3-2-4-6-13/h2-10,17H,11-12H2,1H3. The molecule has 3 heteroatoms. The maximum Gasteiger partial charge on any atom is 0.118 e. The monoisotopic (exact) mass is 243 g/mol. The van der Waals surface area contributed by atoms with Gasteiger partial charge in [0.2, 0.25) is 0 Å². The van der Waals surface area contributed by atoms with Gasteiger partial charge < -0.3 is 9.94 Å². The SMILES string of the molecule is COc1ccc(CN(O)Cc2ccccc2)cc1. The first-order chi connectivity index (χ1) is 8.78. The maximum atomic E-state index is 9.88. The van der Waals surface area contributed by atoms with Crippen LogP contribution in [0, 0.1) is 0 Å². The minimum Gasteiger partial charge on any atom is -0.497 e. The van der Waals surface area contributed by atoms with Crippen LogP contribution >= 0.6 is 0 Å². The molecular formula is C15H17NO2. The molecule has 0 bridgehead atoms. The molecule has 2 aromatic rings. The molecule has 0 atom stereocenters. The highest BCUT2D eigenvalue weighted by Crippen LogP contribution is 2.13. The Morgan fingerprint density at radius 2 is 1.44 bits per heavy atom. The van der Waals surface area contributed by atoms with Crippen LogP contribution in [-0.4, -0.2) is 17.4 Å². The molecule has 0 saturated heterocycles. The maximum absolute atomic E-state index is 9.88. The molecule has 0 spiro atoms. The summed E-state index contributed by atoms with van der Waals surface area (Å²) >= 11 is 0. The Hall–Kier alpha value is -1.84. The van der Waals surface area contributed by atoms with Crippen molar-refractivity contribution >= 4 is 0 Å². The Kier molecular flexibility index (Phi) is 4.34. The number of rotatable bonds is 5. The minimum absolute atomic E-state index is 0.499. The van der Waals surface area contributed by atoms with Gasteiger partial charge in [-0.1, -0.05) is 42.5 Å². The molecule has 0 saturated carbocycles. The third-order valence-electron chi connectivity index (χ3n) is 2.73. The van der Waals surface area contributed by atoms with Gasteiger partial charge in [0.05, 0.1) is 7.11 Å². The van der Waals surface area contributed by atoms with Crippen LogP contribution in [0.25, 0.3) is 0 Å². The lowest BCUT2D eigenvalue weighted by Gasteiger charge is -2.15. The van der Waals surface area contributed by atoms with E-state index in [0.717, 1.165) is 16.9 Å². The molecule has 3 nitrogen and oxygen atoms in total. The van der Waals surface area contributed by atoms with Gasteiger partial charge in [-0.3, -0.25) is 0 Å². The van der Waals surface area contributed by atoms with Gasteiger partial charge in [0.1, 0.15) is 5.75 Å². The number of methoxy groups -OCH3 is 1. The fourth-order valence-corrected chi connectivity index (χ4v) is 1.79. The lowest BCUT2D eigenvalue weighted by molar-refractivity contribution is -0.108. The van der Waals surface area contributed by atoms with Crippen LogP contribution in [0.5, 0.6) is 5.75 Å². The van der Waals surface area contributed by atoms with Crippen LogP contribution in [0.1, 0.15) is 11.1 Å². The molecule has 1 N–H and O–H groups in total. The highest BCUT2D eigenvalue weighted by atomic mass is 16.5. The highest BCUT2D eigenvalue weighted by molar-refractivity contribution is 5.27. The van der Waals surface area contributed by atoms with Crippen molar-refractivity contribution in [2.45, 2.75) is 13.1 Å². The topological polar surface area (TPSA) is 32.7 Å². The largest absolute Gasteiger partial charge is 0.497 e. The summed E-state index contributed by atoms with van der Waals surface area (Å²) in [4.78, 5) is 0. The Labute approximate surface area is 107 Å². The molecule has 0 aliphatic carbocycles. The van der Waals surface area contributed by atoms with Crippen molar-refractivity contribution in [3.63, 3.8) is 0 Å². The van der Waals surface area contributed by atoms with Crippen LogP contribution < -0.4 is 4.74 Å². The van der Waals surface area contributed by atoms with Crippen molar-refractivity contribution in [1.82, 2.24) is 5.06 Å². The van der Waals surface area contributed by atoms with Gasteiger partial charge in [-0.25, -0.2) is 0 Å². The van der Waals surface area contributed by atoms with Crippen LogP contribution in [0.2, 0.25) is 0 Å². The van der Waals surface area contributed by atoms with E-state index < -0.39 is 0 Å². The van der Waals surface area contributed by atoms with Gasteiger partial charge in [-0.2, -0.15) is 5.06 Å². The van der Waals surface area contributed by atoms with Gasteiger partial charge in [-0.15, -0.1) is 0 Å². The average molecular weight is 243 g/mol. The third-order valence-corrected chi connectivity index (χ3v) is 2.73. The molecule has 0 amide bonds. The summed E-state index contributed by atoms with van der Waals surface area (Å²) in [6.45, 7) is 1.02. The molecule has 2 rings (SSSR count). The lowest BCUT2D eigenvalue weighted by atomic mass is 10.2. The number of nitrogens with zero attached hydrogens (tertiary/aromatic N) is 1. The van der Waals surface area contributed by atoms with Crippen molar-refractivity contribution in [3.05, 3.63) is 65.7 Å². The zero-order valence-electron chi connectivity index (χ0n) is 10.4. The lowest BCUT2D eigenvalue weighted by Crippen LogP contribution is -2.17. The highest BCUT2D eigenvalue weighted by Gasteiger charge is 2.03. The number of hydrogen-bond donors (Lipinski definition) is 1. The van der Waals surface area contributed by atoms with E-state index in [9.17, 15) is 5.21 Å². The first-order valence-electron chi connectivity index (χ1n) is 5.88. The number of hydroxylamine groups is 2. The van der Waals surface area contributed by atoms with Crippen LogP contribution in [0.15, 0.2) is 54.6 Å². The van der Waals surface area contributed by atoms with Crippen molar-refractivity contribution in [3.8, 4) is 5.75 Å². The zero-order valence-corrected chi connectivity index (χ0v) is 10.4.